The molecule has 1 aromatic heterocycles. The number of guanidine groups is 1. The molecule has 1 aliphatic heterocycles. The highest BCUT2D eigenvalue weighted by Gasteiger charge is 2.55. The van der Waals surface area contributed by atoms with Crippen LogP contribution in [0.25, 0.3) is 0 Å². The van der Waals surface area contributed by atoms with Crippen LogP contribution in [-0.4, -0.2) is 41.7 Å². The Balaban J connectivity index is 1.91. The second-order valence-corrected chi connectivity index (χ2v) is 7.95. The van der Waals surface area contributed by atoms with Gasteiger partial charge in [0.15, 0.2) is 0 Å². The Morgan fingerprint density at radius 3 is 2.56 bits per heavy atom. The smallest absolute Gasteiger partial charge is 0.332 e. The van der Waals surface area contributed by atoms with E-state index in [1.807, 2.05) is 0 Å². The summed E-state index contributed by atoms with van der Waals surface area (Å²) >= 11 is 0. The predicted molar refractivity (Wildman–Crippen MR) is 85.2 cm³/mol. The van der Waals surface area contributed by atoms with Gasteiger partial charge in [-0.05, 0) is 19.8 Å². The van der Waals surface area contributed by atoms with Crippen LogP contribution in [0, 0.1) is 12.8 Å². The van der Waals surface area contributed by atoms with Crippen molar-refractivity contribution in [1.29, 1.82) is 0 Å². The Hall–Kier alpha value is -2.08. The average Bonchev–Trinajstić information content (AvgIpc) is 3.23. The van der Waals surface area contributed by atoms with Crippen molar-refractivity contribution in [2.24, 2.45) is 16.6 Å². The molecule has 1 aliphatic carbocycles. The van der Waals surface area contributed by atoms with Crippen molar-refractivity contribution >= 4 is 21.7 Å². The first-order valence-electron chi connectivity index (χ1n) is 7.38. The first kappa shape index (κ1) is 17.7. The summed E-state index contributed by atoms with van der Waals surface area (Å²) in [6.07, 6.45) is -0.444. The zero-order chi connectivity index (χ0) is 18.6. The van der Waals surface area contributed by atoms with Crippen molar-refractivity contribution < 1.29 is 21.6 Å². The van der Waals surface area contributed by atoms with E-state index in [0.29, 0.717) is 18.5 Å². The second-order valence-electron chi connectivity index (χ2n) is 6.13. The van der Waals surface area contributed by atoms with Crippen LogP contribution in [0.1, 0.15) is 18.5 Å². The molecule has 0 aromatic carbocycles. The summed E-state index contributed by atoms with van der Waals surface area (Å²) in [5, 5.41) is 8.93. The number of nitrogens with two attached hydrogens (primary N) is 1. The molecule has 1 fully saturated rings. The second kappa shape index (κ2) is 5.46. The zero-order valence-electron chi connectivity index (χ0n) is 13.4. The van der Waals surface area contributed by atoms with Crippen molar-refractivity contribution in [3.05, 3.63) is 23.7 Å². The van der Waals surface area contributed by atoms with Crippen LogP contribution in [0.3, 0.4) is 0 Å². The zero-order valence-corrected chi connectivity index (χ0v) is 14.2. The molecule has 0 amide bonds. The summed E-state index contributed by atoms with van der Waals surface area (Å²) in [6.45, 7) is 1.51. The topological polar surface area (TPSA) is 114 Å². The van der Waals surface area contributed by atoms with Crippen LogP contribution < -0.4 is 16.4 Å². The van der Waals surface area contributed by atoms with E-state index < -0.39 is 27.4 Å². The molecule has 2 aliphatic rings. The maximum absolute atomic E-state index is 13.2. The number of halogens is 3. The van der Waals surface area contributed by atoms with Gasteiger partial charge >= 0.3 is 6.18 Å². The van der Waals surface area contributed by atoms with Crippen molar-refractivity contribution in [2.45, 2.75) is 31.6 Å². The average molecular weight is 378 g/mol. The van der Waals surface area contributed by atoms with Gasteiger partial charge in [0, 0.05) is 12.1 Å². The molecule has 2 heterocycles. The SMILES string of the molecule is Cc1c(NC2=NC(N)(C3CC3)C(C(F)(F)F)=CN2)cnn1S(C)(=O)=O. The molecule has 0 saturated heterocycles. The van der Waals surface area contributed by atoms with E-state index in [2.05, 4.69) is 20.7 Å². The van der Waals surface area contributed by atoms with Crippen LogP contribution in [0.15, 0.2) is 23.0 Å². The van der Waals surface area contributed by atoms with Crippen LogP contribution in [0.2, 0.25) is 0 Å². The molecule has 0 radical (unpaired) electrons. The fraction of sp³-hybridized carbons (Fsp3) is 0.538. The highest BCUT2D eigenvalue weighted by Crippen LogP contribution is 2.48. The van der Waals surface area contributed by atoms with Crippen LogP contribution in [-0.2, 0) is 10.0 Å². The van der Waals surface area contributed by atoms with Crippen LogP contribution >= 0.6 is 0 Å². The van der Waals surface area contributed by atoms with E-state index in [-0.39, 0.29) is 17.6 Å². The predicted octanol–water partition coefficient (Wildman–Crippen LogP) is 0.882. The Bertz CT molecular complexity index is 869. The standard InChI is InChI=1S/C13H17F3N6O2S/c1-7-9(5-19-22(7)25(2,23)24)20-11-18-6-10(13(14,15)16)12(17,21-11)8-3-4-8/h5-6,8H,3-4,17H2,1-2H3,(H2,18,20,21). The highest BCUT2D eigenvalue weighted by molar-refractivity contribution is 7.89. The van der Waals surface area contributed by atoms with E-state index in [4.69, 9.17) is 5.73 Å². The van der Waals surface area contributed by atoms with Gasteiger partial charge in [-0.25, -0.2) is 13.4 Å². The van der Waals surface area contributed by atoms with E-state index in [1.165, 1.54) is 13.1 Å². The Morgan fingerprint density at radius 2 is 2.08 bits per heavy atom. The maximum Gasteiger partial charge on any atom is 0.417 e. The number of nitrogens with zero attached hydrogens (tertiary/aromatic N) is 3. The number of hydrogen-bond acceptors (Lipinski definition) is 7. The molecule has 4 N–H and O–H groups in total. The molecular weight excluding hydrogens is 361 g/mol. The molecule has 8 nitrogen and oxygen atoms in total. The number of aliphatic imine (C=N–C) groups is 1. The van der Waals surface area contributed by atoms with Gasteiger partial charge in [0.1, 0.15) is 5.66 Å². The third-order valence-corrected chi connectivity index (χ3v) is 5.12. The molecule has 0 spiro atoms. The number of nitrogens with one attached hydrogen (secondary N) is 2. The quantitative estimate of drug-likeness (QED) is 0.719. The van der Waals surface area contributed by atoms with E-state index in [0.717, 1.165) is 16.5 Å². The van der Waals surface area contributed by atoms with E-state index >= 15 is 0 Å². The number of hydrogen-bond donors (Lipinski definition) is 3. The van der Waals surface area contributed by atoms with Gasteiger partial charge in [-0.3, -0.25) is 0 Å². The summed E-state index contributed by atoms with van der Waals surface area (Å²) in [5.41, 5.74) is 3.74. The Kier molecular flexibility index (Phi) is 3.87. The number of alkyl halides is 3. The molecule has 0 bridgehead atoms. The largest absolute Gasteiger partial charge is 0.417 e. The van der Waals surface area contributed by atoms with Crippen molar-refractivity contribution in [2.75, 3.05) is 11.6 Å². The molecule has 1 unspecified atom stereocenters. The Morgan fingerprint density at radius 1 is 1.44 bits per heavy atom. The molecule has 12 heteroatoms. The van der Waals surface area contributed by atoms with Gasteiger partial charge < -0.3 is 16.4 Å². The first-order valence-corrected chi connectivity index (χ1v) is 9.23. The van der Waals surface area contributed by atoms with E-state index in [1.54, 1.807) is 0 Å². The van der Waals surface area contributed by atoms with Crippen LogP contribution in [0.4, 0.5) is 18.9 Å². The van der Waals surface area contributed by atoms with Crippen molar-refractivity contribution in [3.63, 3.8) is 0 Å². The lowest BCUT2D eigenvalue weighted by Crippen LogP contribution is -2.52. The molecule has 138 valence electrons. The van der Waals surface area contributed by atoms with Gasteiger partial charge in [0.2, 0.25) is 5.96 Å². The minimum atomic E-state index is -4.60. The molecular formula is C13H17F3N6O2S. The first-order chi connectivity index (χ1) is 11.4. The molecule has 25 heavy (non-hydrogen) atoms. The van der Waals surface area contributed by atoms with Crippen molar-refractivity contribution in [3.8, 4) is 0 Å². The molecule has 1 aromatic rings. The summed E-state index contributed by atoms with van der Waals surface area (Å²) in [5.74, 6) is -0.391. The van der Waals surface area contributed by atoms with Gasteiger partial charge in [0.05, 0.1) is 29.4 Å². The summed E-state index contributed by atoms with van der Waals surface area (Å²) in [6, 6.07) is 0. The Labute approximate surface area is 142 Å². The molecule has 1 atom stereocenters. The fourth-order valence-corrected chi connectivity index (χ4v) is 3.53. The summed E-state index contributed by atoms with van der Waals surface area (Å²) in [4.78, 5) is 4.03. The van der Waals surface area contributed by atoms with Gasteiger partial charge in [0.25, 0.3) is 10.0 Å². The fourth-order valence-electron chi connectivity index (χ4n) is 2.72. The van der Waals surface area contributed by atoms with Crippen LogP contribution in [0.5, 0.6) is 0 Å². The number of rotatable bonds is 3. The minimum absolute atomic E-state index is 0.00134. The van der Waals surface area contributed by atoms with Crippen molar-refractivity contribution in [1.82, 2.24) is 14.5 Å². The summed E-state index contributed by atoms with van der Waals surface area (Å²) < 4.78 is 63.6. The third-order valence-electron chi connectivity index (χ3n) is 4.12. The maximum atomic E-state index is 13.2. The van der Waals surface area contributed by atoms with E-state index in [9.17, 15) is 21.6 Å². The normalized spacial score (nSPS) is 24.4. The number of aromatic nitrogens is 2. The van der Waals surface area contributed by atoms with Gasteiger partial charge in [-0.1, -0.05) is 0 Å². The van der Waals surface area contributed by atoms with Gasteiger partial charge in [-0.15, -0.1) is 0 Å². The molecule has 1 saturated carbocycles. The lowest BCUT2D eigenvalue weighted by Gasteiger charge is -2.33. The third kappa shape index (κ3) is 3.23. The lowest BCUT2D eigenvalue weighted by molar-refractivity contribution is -0.102. The highest BCUT2D eigenvalue weighted by atomic mass is 32.2. The van der Waals surface area contributed by atoms with Gasteiger partial charge in [-0.2, -0.15) is 22.4 Å². The minimum Gasteiger partial charge on any atom is -0.332 e. The number of anilines is 1. The lowest BCUT2D eigenvalue weighted by atomic mass is 9.94. The monoisotopic (exact) mass is 378 g/mol. The molecule has 3 rings (SSSR count). The summed E-state index contributed by atoms with van der Waals surface area (Å²) in [7, 11) is -3.59.